The van der Waals surface area contributed by atoms with Crippen molar-refractivity contribution in [2.75, 3.05) is 17.4 Å². The second kappa shape index (κ2) is 3.88. The number of thioether (sulfide) groups is 1. The zero-order valence-electron chi connectivity index (χ0n) is 6.09. The lowest BCUT2D eigenvalue weighted by Crippen LogP contribution is -1.98. The molecule has 0 aromatic carbocycles. The van der Waals surface area contributed by atoms with E-state index in [4.69, 9.17) is 5.26 Å². The lowest BCUT2D eigenvalue weighted by molar-refractivity contribution is 1.09. The molecule has 0 fully saturated rings. The van der Waals surface area contributed by atoms with Gasteiger partial charge in [-0.05, 0) is 6.26 Å². The maximum Gasteiger partial charge on any atom is 0.140 e. The van der Waals surface area contributed by atoms with Crippen LogP contribution in [0.15, 0.2) is 6.20 Å². The van der Waals surface area contributed by atoms with Gasteiger partial charge in [0.05, 0.1) is 12.1 Å². The number of rotatable bonds is 3. The van der Waals surface area contributed by atoms with E-state index in [0.717, 1.165) is 5.88 Å². The number of hydrogen-bond acceptors (Lipinski definition) is 4. The van der Waals surface area contributed by atoms with Crippen molar-refractivity contribution in [1.29, 1.82) is 5.26 Å². The van der Waals surface area contributed by atoms with Gasteiger partial charge in [-0.15, -0.1) is 11.8 Å². The predicted molar refractivity (Wildman–Crippen MR) is 45.3 cm³/mol. The van der Waals surface area contributed by atoms with Gasteiger partial charge in [-0.1, -0.05) is 0 Å². The van der Waals surface area contributed by atoms with E-state index in [2.05, 4.69) is 15.5 Å². The molecule has 0 atom stereocenters. The minimum Gasteiger partial charge on any atom is -0.360 e. The number of nitrogens with one attached hydrogen (secondary N) is 2. The number of anilines is 1. The van der Waals surface area contributed by atoms with Gasteiger partial charge >= 0.3 is 0 Å². The van der Waals surface area contributed by atoms with Crippen LogP contribution in [-0.4, -0.2) is 22.3 Å². The van der Waals surface area contributed by atoms with Crippen LogP contribution in [0.1, 0.15) is 5.56 Å². The van der Waals surface area contributed by atoms with Crippen molar-refractivity contribution in [2.45, 2.75) is 0 Å². The molecule has 58 valence electrons. The van der Waals surface area contributed by atoms with Crippen LogP contribution in [0.2, 0.25) is 0 Å². The van der Waals surface area contributed by atoms with Crippen molar-refractivity contribution in [3.63, 3.8) is 0 Å². The molecule has 1 heterocycles. The molecule has 1 aromatic rings. The minimum absolute atomic E-state index is 0.555. The highest BCUT2D eigenvalue weighted by Gasteiger charge is 2.00. The topological polar surface area (TPSA) is 64.5 Å². The summed E-state index contributed by atoms with van der Waals surface area (Å²) in [5.41, 5.74) is 0.555. The maximum atomic E-state index is 8.55. The molecule has 0 radical (unpaired) electrons. The second-order valence-electron chi connectivity index (χ2n) is 1.88. The van der Waals surface area contributed by atoms with Gasteiger partial charge in [0.25, 0.3) is 0 Å². The average molecular weight is 168 g/mol. The first kappa shape index (κ1) is 7.95. The monoisotopic (exact) mass is 168 g/mol. The third-order valence-electron chi connectivity index (χ3n) is 1.15. The molecule has 1 aromatic heterocycles. The third kappa shape index (κ3) is 1.88. The number of nitrogens with zero attached hydrogens (tertiary/aromatic N) is 2. The lowest BCUT2D eigenvalue weighted by atomic mass is 10.4. The van der Waals surface area contributed by atoms with Crippen LogP contribution >= 0.6 is 11.8 Å². The Morgan fingerprint density at radius 1 is 1.91 bits per heavy atom. The smallest absolute Gasteiger partial charge is 0.140 e. The van der Waals surface area contributed by atoms with E-state index >= 15 is 0 Å². The van der Waals surface area contributed by atoms with Crippen LogP contribution in [0.25, 0.3) is 0 Å². The first-order valence-corrected chi connectivity index (χ1v) is 4.44. The minimum atomic E-state index is 0.555. The molecular weight excluding hydrogens is 160 g/mol. The summed E-state index contributed by atoms with van der Waals surface area (Å²) in [4.78, 5) is 0. The Labute approximate surface area is 69.0 Å². The number of hydrogen-bond donors (Lipinski definition) is 2. The summed E-state index contributed by atoms with van der Waals surface area (Å²) in [6.07, 6.45) is 3.48. The Morgan fingerprint density at radius 2 is 2.73 bits per heavy atom. The molecule has 0 saturated carbocycles. The normalized spacial score (nSPS) is 9.09. The van der Waals surface area contributed by atoms with E-state index < -0.39 is 0 Å². The van der Waals surface area contributed by atoms with Crippen molar-refractivity contribution in [3.05, 3.63) is 11.8 Å². The van der Waals surface area contributed by atoms with Crippen molar-refractivity contribution in [3.8, 4) is 6.07 Å². The predicted octanol–water partition coefficient (Wildman–Crippen LogP) is 1.01. The molecule has 4 nitrogen and oxygen atoms in total. The van der Waals surface area contributed by atoms with Crippen molar-refractivity contribution in [2.24, 2.45) is 0 Å². The van der Waals surface area contributed by atoms with Crippen LogP contribution < -0.4 is 5.32 Å². The quantitative estimate of drug-likeness (QED) is 0.661. The first-order valence-electron chi connectivity index (χ1n) is 3.04. The van der Waals surface area contributed by atoms with Crippen molar-refractivity contribution >= 4 is 17.6 Å². The summed E-state index contributed by atoms with van der Waals surface area (Å²) in [7, 11) is 0. The molecule has 1 rings (SSSR count). The lowest BCUT2D eigenvalue weighted by Gasteiger charge is -1.98. The largest absolute Gasteiger partial charge is 0.360 e. The highest BCUT2D eigenvalue weighted by Crippen LogP contribution is 2.09. The summed E-state index contributed by atoms with van der Waals surface area (Å²) in [5.74, 6) is 1.47. The standard InChI is InChI=1S/C6H8N4S/c1-11-4-8-6-5(2-7)3-9-10-6/h3H,4H2,1H3,(H2,8,9,10). The number of aromatic amines is 1. The Morgan fingerprint density at radius 3 is 3.36 bits per heavy atom. The number of H-pyrrole nitrogens is 1. The molecule has 5 heteroatoms. The van der Waals surface area contributed by atoms with Gasteiger partial charge in [-0.3, -0.25) is 5.10 Å². The molecule has 0 aliphatic carbocycles. The van der Waals surface area contributed by atoms with E-state index in [-0.39, 0.29) is 0 Å². The van der Waals surface area contributed by atoms with Crippen LogP contribution in [0.3, 0.4) is 0 Å². The fourth-order valence-electron chi connectivity index (χ4n) is 0.650. The highest BCUT2D eigenvalue weighted by atomic mass is 32.2. The summed E-state index contributed by atoms with van der Waals surface area (Å²) in [5, 5.41) is 18.0. The maximum absolute atomic E-state index is 8.55. The average Bonchev–Trinajstić information content (AvgIpc) is 2.47. The third-order valence-corrected chi connectivity index (χ3v) is 1.59. The van der Waals surface area contributed by atoms with Crippen molar-refractivity contribution in [1.82, 2.24) is 10.2 Å². The van der Waals surface area contributed by atoms with Gasteiger partial charge in [0.2, 0.25) is 0 Å². The molecule has 0 spiro atoms. The van der Waals surface area contributed by atoms with E-state index in [9.17, 15) is 0 Å². The summed E-state index contributed by atoms with van der Waals surface area (Å²) >= 11 is 1.65. The number of aromatic nitrogens is 2. The highest BCUT2D eigenvalue weighted by molar-refractivity contribution is 7.98. The second-order valence-corrected chi connectivity index (χ2v) is 2.75. The summed E-state index contributed by atoms with van der Waals surface area (Å²) < 4.78 is 0. The van der Waals surface area contributed by atoms with Crippen LogP contribution in [0, 0.1) is 11.3 Å². The van der Waals surface area contributed by atoms with Gasteiger partial charge in [0.1, 0.15) is 17.5 Å². The summed E-state index contributed by atoms with van der Waals surface area (Å²) in [6, 6.07) is 2.02. The fourth-order valence-corrected chi connectivity index (χ4v) is 0.939. The molecule has 0 aliphatic rings. The van der Waals surface area contributed by atoms with Crippen LogP contribution in [0.4, 0.5) is 5.82 Å². The van der Waals surface area contributed by atoms with E-state index in [1.54, 1.807) is 11.8 Å². The summed E-state index contributed by atoms with van der Waals surface area (Å²) in [6.45, 7) is 0. The van der Waals surface area contributed by atoms with E-state index in [1.165, 1.54) is 6.20 Å². The zero-order chi connectivity index (χ0) is 8.10. The van der Waals surface area contributed by atoms with Gasteiger partial charge in [0, 0.05) is 0 Å². The molecule has 11 heavy (non-hydrogen) atoms. The molecular formula is C6H8N4S. The molecule has 0 unspecified atom stereocenters. The van der Waals surface area contributed by atoms with Gasteiger partial charge < -0.3 is 5.32 Å². The Hall–Kier alpha value is -1.15. The Balaban J connectivity index is 2.63. The molecule has 2 N–H and O–H groups in total. The zero-order valence-corrected chi connectivity index (χ0v) is 6.90. The molecule has 0 amide bonds. The molecule has 0 saturated heterocycles. The van der Waals surface area contributed by atoms with Gasteiger partial charge in [0.15, 0.2) is 0 Å². The Bertz CT molecular complexity index is 262. The molecule has 0 aliphatic heterocycles. The number of nitriles is 1. The van der Waals surface area contributed by atoms with Crippen LogP contribution in [-0.2, 0) is 0 Å². The van der Waals surface area contributed by atoms with Crippen LogP contribution in [0.5, 0.6) is 0 Å². The molecule has 0 bridgehead atoms. The first-order chi connectivity index (χ1) is 5.38. The van der Waals surface area contributed by atoms with Gasteiger partial charge in [-0.25, -0.2) is 0 Å². The van der Waals surface area contributed by atoms with Crippen molar-refractivity contribution < 1.29 is 0 Å². The van der Waals surface area contributed by atoms with E-state index in [0.29, 0.717) is 11.4 Å². The van der Waals surface area contributed by atoms with E-state index in [1.807, 2.05) is 12.3 Å². The van der Waals surface area contributed by atoms with Gasteiger partial charge in [-0.2, -0.15) is 10.4 Å². The fraction of sp³-hybridized carbons (Fsp3) is 0.333. The Kier molecular flexibility index (Phi) is 2.81. The SMILES string of the molecule is CSCNc1[nH]ncc1C#N.